The Bertz CT molecular complexity index is 983. The third-order valence-electron chi connectivity index (χ3n) is 4.43. The van der Waals surface area contributed by atoms with Crippen molar-refractivity contribution in [2.24, 2.45) is 0 Å². The molecule has 1 aliphatic heterocycles. The van der Waals surface area contributed by atoms with Crippen molar-refractivity contribution in [2.45, 2.75) is 19.6 Å². The molecule has 1 N–H and O–H groups in total. The second-order valence-corrected chi connectivity index (χ2v) is 6.51. The van der Waals surface area contributed by atoms with E-state index in [0.29, 0.717) is 18.8 Å². The number of nitrogens with one attached hydrogen (secondary N) is 1. The summed E-state index contributed by atoms with van der Waals surface area (Å²) < 4.78 is 21.5. The minimum Gasteiger partial charge on any atom is -0.489 e. The van der Waals surface area contributed by atoms with E-state index in [1.54, 1.807) is 16.8 Å². The molecular weight excluding hydrogens is 333 g/mol. The van der Waals surface area contributed by atoms with Gasteiger partial charge in [-0.1, -0.05) is 6.58 Å². The van der Waals surface area contributed by atoms with Gasteiger partial charge in [0.25, 0.3) is 0 Å². The van der Waals surface area contributed by atoms with E-state index in [1.165, 1.54) is 12.1 Å². The summed E-state index contributed by atoms with van der Waals surface area (Å²) in [5.74, 6) is 1.14. The van der Waals surface area contributed by atoms with Crippen LogP contribution in [-0.4, -0.2) is 34.3 Å². The maximum Gasteiger partial charge on any atom is 0.166 e. The lowest BCUT2D eigenvalue weighted by Gasteiger charge is -2.22. The number of halogens is 1. The van der Waals surface area contributed by atoms with Crippen molar-refractivity contribution < 1.29 is 9.13 Å². The predicted molar refractivity (Wildman–Crippen MR) is 98.6 cm³/mol. The van der Waals surface area contributed by atoms with Crippen molar-refractivity contribution in [3.63, 3.8) is 0 Å². The van der Waals surface area contributed by atoms with Gasteiger partial charge < -0.3 is 15.0 Å². The highest BCUT2D eigenvalue weighted by Crippen LogP contribution is 2.26. The fourth-order valence-corrected chi connectivity index (χ4v) is 3.03. The van der Waals surface area contributed by atoms with E-state index in [2.05, 4.69) is 17.0 Å². The first kappa shape index (κ1) is 16.4. The SMILES string of the molecule is C=C1NC[C@@H](C)Oc2ccc(F)cc2CN(C)c2ccn3ncc1c3n2. The first-order chi connectivity index (χ1) is 12.5. The maximum absolute atomic E-state index is 13.8. The number of hydrogen-bond acceptors (Lipinski definition) is 5. The largest absolute Gasteiger partial charge is 0.489 e. The number of aromatic nitrogens is 3. The molecule has 1 atom stereocenters. The molecule has 1 aliphatic rings. The van der Waals surface area contributed by atoms with Gasteiger partial charge in [-0.2, -0.15) is 5.10 Å². The summed E-state index contributed by atoms with van der Waals surface area (Å²) >= 11 is 0. The van der Waals surface area contributed by atoms with Crippen LogP contribution in [0.1, 0.15) is 18.1 Å². The van der Waals surface area contributed by atoms with Crippen LogP contribution in [0.5, 0.6) is 5.75 Å². The van der Waals surface area contributed by atoms with E-state index >= 15 is 0 Å². The molecule has 26 heavy (non-hydrogen) atoms. The molecule has 7 heteroatoms. The van der Waals surface area contributed by atoms with Gasteiger partial charge in [0.1, 0.15) is 23.5 Å². The zero-order chi connectivity index (χ0) is 18.3. The van der Waals surface area contributed by atoms with Crippen LogP contribution >= 0.6 is 0 Å². The van der Waals surface area contributed by atoms with Crippen molar-refractivity contribution in [1.29, 1.82) is 0 Å². The van der Waals surface area contributed by atoms with Gasteiger partial charge >= 0.3 is 0 Å². The van der Waals surface area contributed by atoms with Crippen LogP contribution in [0.2, 0.25) is 0 Å². The van der Waals surface area contributed by atoms with Crippen molar-refractivity contribution in [3.8, 4) is 5.75 Å². The Balaban J connectivity index is 1.82. The summed E-state index contributed by atoms with van der Waals surface area (Å²) in [5, 5.41) is 7.61. The molecule has 1 aromatic carbocycles. The summed E-state index contributed by atoms with van der Waals surface area (Å²) in [5.41, 5.74) is 3.07. The molecule has 2 aromatic heterocycles. The minimum absolute atomic E-state index is 0.121. The summed E-state index contributed by atoms with van der Waals surface area (Å²) in [6.45, 7) is 7.09. The van der Waals surface area contributed by atoms with Gasteiger partial charge in [-0.25, -0.2) is 13.9 Å². The number of anilines is 1. The highest BCUT2D eigenvalue weighted by atomic mass is 19.1. The summed E-state index contributed by atoms with van der Waals surface area (Å²) in [7, 11) is 1.92. The average Bonchev–Trinajstić information content (AvgIpc) is 3.04. The van der Waals surface area contributed by atoms with Crippen LogP contribution in [0.3, 0.4) is 0 Å². The van der Waals surface area contributed by atoms with Crippen molar-refractivity contribution >= 4 is 17.2 Å². The lowest BCUT2D eigenvalue weighted by molar-refractivity contribution is 0.221. The third kappa shape index (κ3) is 2.96. The third-order valence-corrected chi connectivity index (χ3v) is 4.43. The number of nitrogens with zero attached hydrogens (tertiary/aromatic N) is 4. The molecule has 0 aliphatic carbocycles. The Hall–Kier alpha value is -3.09. The molecule has 0 amide bonds. The Kier molecular flexibility index (Phi) is 3.99. The van der Waals surface area contributed by atoms with Crippen LogP contribution < -0.4 is 15.0 Å². The second kappa shape index (κ2) is 6.33. The van der Waals surface area contributed by atoms with Crippen molar-refractivity contribution in [2.75, 3.05) is 18.5 Å². The van der Waals surface area contributed by atoms with Gasteiger partial charge in [-0.05, 0) is 31.2 Å². The van der Waals surface area contributed by atoms with Gasteiger partial charge in [-0.3, -0.25) is 0 Å². The smallest absolute Gasteiger partial charge is 0.166 e. The zero-order valence-electron chi connectivity index (χ0n) is 14.7. The molecule has 2 bridgehead atoms. The fraction of sp³-hybridized carbons (Fsp3) is 0.263. The average molecular weight is 353 g/mol. The summed E-state index contributed by atoms with van der Waals surface area (Å²) in [4.78, 5) is 6.67. The van der Waals surface area contributed by atoms with Crippen LogP contribution in [-0.2, 0) is 6.54 Å². The number of fused-ring (bicyclic) bond motifs is 2. The van der Waals surface area contributed by atoms with Crippen LogP contribution in [0.15, 0.2) is 43.2 Å². The van der Waals surface area contributed by atoms with Crippen LogP contribution in [0.25, 0.3) is 11.3 Å². The number of hydrogen-bond donors (Lipinski definition) is 1. The molecule has 3 heterocycles. The van der Waals surface area contributed by atoms with Crippen molar-refractivity contribution in [3.05, 3.63) is 60.2 Å². The van der Waals surface area contributed by atoms with Crippen LogP contribution in [0.4, 0.5) is 10.2 Å². The molecule has 0 saturated heterocycles. The summed E-state index contributed by atoms with van der Waals surface area (Å²) in [6, 6.07) is 6.47. The molecule has 0 fully saturated rings. The number of benzene rings is 1. The van der Waals surface area contributed by atoms with Crippen LogP contribution in [0, 0.1) is 5.82 Å². The van der Waals surface area contributed by atoms with E-state index in [9.17, 15) is 4.39 Å². The second-order valence-electron chi connectivity index (χ2n) is 6.51. The topological polar surface area (TPSA) is 54.7 Å². The van der Waals surface area contributed by atoms with Gasteiger partial charge in [0.05, 0.1) is 18.3 Å². The normalized spacial score (nSPS) is 17.7. The fourth-order valence-electron chi connectivity index (χ4n) is 3.03. The standard InChI is InChI=1S/C19H20FN5O/c1-12-9-21-13(2)16-10-22-25-7-6-18(23-19(16)25)24(3)11-14-8-15(20)4-5-17(14)26-12/h4-8,10,12,21H,2,9,11H2,1,3H3/t12-/m1/s1. The molecule has 4 rings (SSSR count). The number of rotatable bonds is 0. The maximum atomic E-state index is 13.8. The molecule has 6 nitrogen and oxygen atoms in total. The Morgan fingerprint density at radius 3 is 3.04 bits per heavy atom. The lowest BCUT2D eigenvalue weighted by atomic mass is 10.1. The van der Waals surface area contributed by atoms with Gasteiger partial charge in [0, 0.05) is 31.0 Å². The predicted octanol–water partition coefficient (Wildman–Crippen LogP) is 2.85. The molecule has 134 valence electrons. The Morgan fingerprint density at radius 1 is 1.35 bits per heavy atom. The highest BCUT2D eigenvalue weighted by Gasteiger charge is 2.17. The lowest BCUT2D eigenvalue weighted by Crippen LogP contribution is -2.28. The van der Waals surface area contributed by atoms with Crippen molar-refractivity contribution in [1.82, 2.24) is 19.9 Å². The first-order valence-electron chi connectivity index (χ1n) is 8.45. The van der Waals surface area contributed by atoms with E-state index in [4.69, 9.17) is 9.72 Å². The molecule has 0 saturated carbocycles. The van der Waals surface area contributed by atoms with E-state index in [-0.39, 0.29) is 11.9 Å². The quantitative estimate of drug-likeness (QED) is 0.674. The van der Waals surface area contributed by atoms with E-state index in [0.717, 1.165) is 28.3 Å². The Morgan fingerprint density at radius 2 is 2.19 bits per heavy atom. The van der Waals surface area contributed by atoms with Gasteiger partial charge in [-0.15, -0.1) is 0 Å². The summed E-state index contributed by atoms with van der Waals surface area (Å²) in [6.07, 6.45) is 3.48. The molecular formula is C19H20FN5O. The monoisotopic (exact) mass is 353 g/mol. The van der Waals surface area contributed by atoms with E-state index < -0.39 is 0 Å². The Labute approximate surface area is 150 Å². The molecule has 0 spiro atoms. The van der Waals surface area contributed by atoms with Gasteiger partial charge in [0.2, 0.25) is 0 Å². The molecule has 3 aromatic rings. The molecule has 0 unspecified atom stereocenters. The van der Waals surface area contributed by atoms with Gasteiger partial charge in [0.15, 0.2) is 5.65 Å². The zero-order valence-corrected chi connectivity index (χ0v) is 14.7. The first-order valence-corrected chi connectivity index (χ1v) is 8.45. The van der Waals surface area contributed by atoms with E-state index in [1.807, 2.05) is 31.1 Å². The number of ether oxygens (including phenoxy) is 1. The minimum atomic E-state index is -0.286. The molecule has 0 radical (unpaired) electrons. The highest BCUT2D eigenvalue weighted by molar-refractivity contribution is 5.73.